The van der Waals surface area contributed by atoms with E-state index in [-0.39, 0.29) is 11.1 Å². The number of esters is 1. The SMILES string of the molecule is O=C1OC2(CC3(CCCCC3)CO2)C(c2ccccc2)=C1c1ccc([N+](=O)[O-])cc1. The van der Waals surface area contributed by atoms with Gasteiger partial charge in [-0.1, -0.05) is 49.6 Å². The van der Waals surface area contributed by atoms with Gasteiger partial charge in [-0.25, -0.2) is 4.79 Å². The van der Waals surface area contributed by atoms with Crippen LogP contribution in [-0.2, 0) is 14.3 Å². The summed E-state index contributed by atoms with van der Waals surface area (Å²) in [5.74, 6) is -1.53. The van der Waals surface area contributed by atoms with Crippen LogP contribution in [-0.4, -0.2) is 23.3 Å². The fraction of sp³-hybridized carbons (Fsp3) is 0.375. The highest BCUT2D eigenvalue weighted by Crippen LogP contribution is 2.57. The zero-order valence-corrected chi connectivity index (χ0v) is 16.6. The Morgan fingerprint density at radius 1 is 0.900 bits per heavy atom. The van der Waals surface area contributed by atoms with Crippen molar-refractivity contribution in [3.05, 3.63) is 75.8 Å². The third-order valence-corrected chi connectivity index (χ3v) is 6.66. The zero-order valence-electron chi connectivity index (χ0n) is 16.6. The van der Waals surface area contributed by atoms with E-state index in [0.717, 1.165) is 24.0 Å². The molecule has 6 heteroatoms. The van der Waals surface area contributed by atoms with Crippen molar-refractivity contribution in [2.24, 2.45) is 5.41 Å². The highest BCUT2D eigenvalue weighted by Gasteiger charge is 2.59. The van der Waals surface area contributed by atoms with Crippen molar-refractivity contribution in [3.63, 3.8) is 0 Å². The molecule has 0 bridgehead atoms. The Kier molecular flexibility index (Phi) is 4.47. The number of hydrogen-bond donors (Lipinski definition) is 0. The van der Waals surface area contributed by atoms with E-state index in [9.17, 15) is 14.9 Å². The number of nitro groups is 1. The van der Waals surface area contributed by atoms with Gasteiger partial charge >= 0.3 is 5.97 Å². The van der Waals surface area contributed by atoms with Crippen molar-refractivity contribution in [1.29, 1.82) is 0 Å². The molecule has 2 aliphatic heterocycles. The van der Waals surface area contributed by atoms with Crippen LogP contribution in [0, 0.1) is 15.5 Å². The van der Waals surface area contributed by atoms with Gasteiger partial charge in [-0.2, -0.15) is 0 Å². The summed E-state index contributed by atoms with van der Waals surface area (Å²) >= 11 is 0. The molecule has 5 rings (SSSR count). The molecule has 3 aliphatic rings. The lowest BCUT2D eigenvalue weighted by Gasteiger charge is -2.33. The Hall–Kier alpha value is -2.99. The Morgan fingerprint density at radius 2 is 1.60 bits per heavy atom. The van der Waals surface area contributed by atoms with Gasteiger partial charge in [-0.15, -0.1) is 0 Å². The van der Waals surface area contributed by atoms with Crippen LogP contribution in [0.2, 0.25) is 0 Å². The fourth-order valence-electron chi connectivity index (χ4n) is 5.24. The molecule has 0 amide bonds. The Bertz CT molecular complexity index is 1020. The number of rotatable bonds is 3. The van der Waals surface area contributed by atoms with E-state index in [4.69, 9.17) is 9.47 Å². The summed E-state index contributed by atoms with van der Waals surface area (Å²) in [5, 5.41) is 11.0. The van der Waals surface area contributed by atoms with Gasteiger partial charge in [-0.05, 0) is 36.1 Å². The van der Waals surface area contributed by atoms with Crippen LogP contribution in [0.3, 0.4) is 0 Å². The number of carbonyl (C=O) groups is 1. The number of hydrogen-bond acceptors (Lipinski definition) is 5. The van der Waals surface area contributed by atoms with Crippen molar-refractivity contribution in [1.82, 2.24) is 0 Å². The summed E-state index contributed by atoms with van der Waals surface area (Å²) in [6.45, 7) is 0.587. The Balaban J connectivity index is 1.64. The monoisotopic (exact) mass is 405 g/mol. The minimum atomic E-state index is -1.09. The number of carbonyl (C=O) groups excluding carboxylic acids is 1. The first-order valence-electron chi connectivity index (χ1n) is 10.4. The second-order valence-electron chi connectivity index (χ2n) is 8.59. The number of benzene rings is 2. The van der Waals surface area contributed by atoms with E-state index < -0.39 is 16.7 Å². The molecular weight excluding hydrogens is 382 g/mol. The minimum absolute atomic E-state index is 0.0139. The van der Waals surface area contributed by atoms with E-state index in [2.05, 4.69) is 0 Å². The third kappa shape index (κ3) is 3.03. The summed E-state index contributed by atoms with van der Waals surface area (Å²) in [4.78, 5) is 23.7. The molecule has 154 valence electrons. The molecule has 2 aromatic carbocycles. The summed E-state index contributed by atoms with van der Waals surface area (Å²) in [5.41, 5.74) is 2.69. The summed E-state index contributed by atoms with van der Waals surface area (Å²) in [6, 6.07) is 15.8. The van der Waals surface area contributed by atoms with Crippen LogP contribution >= 0.6 is 0 Å². The average molecular weight is 405 g/mol. The lowest BCUT2D eigenvalue weighted by atomic mass is 9.71. The van der Waals surface area contributed by atoms with E-state index in [1.54, 1.807) is 12.1 Å². The van der Waals surface area contributed by atoms with Crippen LogP contribution in [0.25, 0.3) is 11.1 Å². The van der Waals surface area contributed by atoms with Gasteiger partial charge in [0.05, 0.1) is 17.1 Å². The molecule has 0 N–H and O–H groups in total. The molecule has 2 heterocycles. The summed E-state index contributed by atoms with van der Waals surface area (Å²) < 4.78 is 12.3. The first-order chi connectivity index (χ1) is 14.5. The summed E-state index contributed by atoms with van der Waals surface area (Å²) in [7, 11) is 0. The lowest BCUT2D eigenvalue weighted by Crippen LogP contribution is -2.32. The number of non-ortho nitro benzene ring substituents is 1. The van der Waals surface area contributed by atoms with Crippen LogP contribution in [0.4, 0.5) is 5.69 Å². The fourth-order valence-corrected chi connectivity index (χ4v) is 5.24. The smallest absolute Gasteiger partial charge is 0.342 e. The van der Waals surface area contributed by atoms with Gasteiger partial charge < -0.3 is 9.47 Å². The molecule has 30 heavy (non-hydrogen) atoms. The minimum Gasteiger partial charge on any atom is -0.425 e. The van der Waals surface area contributed by atoms with Gasteiger partial charge in [0.2, 0.25) is 5.79 Å². The molecule has 2 spiro atoms. The first-order valence-corrected chi connectivity index (χ1v) is 10.4. The van der Waals surface area contributed by atoms with Crippen molar-refractivity contribution in [3.8, 4) is 0 Å². The van der Waals surface area contributed by atoms with Crippen molar-refractivity contribution < 1.29 is 19.2 Å². The molecule has 1 unspecified atom stereocenters. The van der Waals surface area contributed by atoms with Crippen molar-refractivity contribution in [2.45, 2.75) is 44.3 Å². The van der Waals surface area contributed by atoms with Crippen LogP contribution in [0.1, 0.15) is 49.7 Å². The first kappa shape index (κ1) is 19.0. The predicted octanol–water partition coefficient (Wildman–Crippen LogP) is 5.13. The highest BCUT2D eigenvalue weighted by atomic mass is 16.7. The normalized spacial score (nSPS) is 25.1. The molecule has 0 aromatic heterocycles. The van der Waals surface area contributed by atoms with Gasteiger partial charge in [0.1, 0.15) is 0 Å². The number of nitrogens with zero attached hydrogens (tertiary/aromatic N) is 1. The van der Waals surface area contributed by atoms with E-state index >= 15 is 0 Å². The molecule has 6 nitrogen and oxygen atoms in total. The predicted molar refractivity (Wildman–Crippen MR) is 111 cm³/mol. The van der Waals surface area contributed by atoms with E-state index in [0.29, 0.717) is 24.2 Å². The van der Waals surface area contributed by atoms with Crippen LogP contribution in [0.5, 0.6) is 0 Å². The van der Waals surface area contributed by atoms with E-state index in [1.165, 1.54) is 31.4 Å². The Morgan fingerprint density at radius 3 is 2.27 bits per heavy atom. The maximum absolute atomic E-state index is 13.1. The van der Waals surface area contributed by atoms with Gasteiger partial charge in [-0.3, -0.25) is 10.1 Å². The van der Waals surface area contributed by atoms with Gasteiger partial charge in [0, 0.05) is 29.5 Å². The maximum atomic E-state index is 13.1. The third-order valence-electron chi connectivity index (χ3n) is 6.66. The van der Waals surface area contributed by atoms with Crippen LogP contribution < -0.4 is 0 Å². The number of ether oxygens (including phenoxy) is 2. The maximum Gasteiger partial charge on any atom is 0.342 e. The molecule has 2 aromatic rings. The molecule has 2 fully saturated rings. The molecule has 0 radical (unpaired) electrons. The second-order valence-corrected chi connectivity index (χ2v) is 8.59. The Labute approximate surface area is 174 Å². The quantitative estimate of drug-likeness (QED) is 0.402. The van der Waals surface area contributed by atoms with E-state index in [1.807, 2.05) is 30.3 Å². The molecule has 1 atom stereocenters. The summed E-state index contributed by atoms with van der Waals surface area (Å²) in [6.07, 6.45) is 6.42. The lowest BCUT2D eigenvalue weighted by molar-refractivity contribution is -0.384. The standard InChI is InChI=1S/C24H23NO5/c26-22-20(17-9-11-19(12-10-17)25(27)28)21(18-7-3-1-4-8-18)24(30-22)15-23(16-29-24)13-5-2-6-14-23/h1,3-4,7-12H,2,5-6,13-16H2. The number of nitro benzene ring substituents is 1. The molecule has 1 aliphatic carbocycles. The molecule has 1 saturated heterocycles. The molecule has 1 saturated carbocycles. The topological polar surface area (TPSA) is 78.7 Å². The molecular formula is C24H23NO5. The largest absolute Gasteiger partial charge is 0.425 e. The van der Waals surface area contributed by atoms with Crippen molar-refractivity contribution >= 4 is 22.8 Å². The highest BCUT2D eigenvalue weighted by molar-refractivity contribution is 6.28. The van der Waals surface area contributed by atoms with Crippen LogP contribution in [0.15, 0.2) is 54.6 Å². The van der Waals surface area contributed by atoms with Crippen molar-refractivity contribution in [2.75, 3.05) is 6.61 Å². The van der Waals surface area contributed by atoms with Gasteiger partial charge in [0.15, 0.2) is 0 Å². The average Bonchev–Trinajstić information content (AvgIpc) is 3.25. The van der Waals surface area contributed by atoms with Gasteiger partial charge in [0.25, 0.3) is 5.69 Å². The zero-order chi connectivity index (χ0) is 20.8. The second kappa shape index (κ2) is 7.06.